The van der Waals surface area contributed by atoms with E-state index in [4.69, 9.17) is 9.47 Å². The maximum Gasteiger partial charge on any atom is 0.234 e. The molecule has 1 aromatic carbocycles. The number of carbonyl (C=O) groups is 1. The topological polar surface area (TPSA) is 47.6 Å². The zero-order valence-corrected chi connectivity index (χ0v) is 9.10. The Labute approximate surface area is 91.9 Å². The summed E-state index contributed by atoms with van der Waals surface area (Å²) in [6.45, 7) is 0.248. The van der Waals surface area contributed by atoms with E-state index < -0.39 is 0 Å². The van der Waals surface area contributed by atoms with Crippen molar-refractivity contribution in [2.24, 2.45) is 0 Å². The molecule has 0 spiro atoms. The minimum atomic E-state index is -0.0126. The van der Waals surface area contributed by atoms with Crippen LogP contribution in [0.3, 0.4) is 0 Å². The van der Waals surface area contributed by atoms with E-state index in [2.05, 4.69) is 5.32 Å². The van der Waals surface area contributed by atoms with Crippen LogP contribution >= 0.6 is 11.8 Å². The third-order valence-corrected chi connectivity index (χ3v) is 2.48. The van der Waals surface area contributed by atoms with Gasteiger partial charge < -0.3 is 14.8 Å². The fraction of sp³-hybridized carbons (Fsp3) is 0.300. The average Bonchev–Trinajstić information content (AvgIpc) is 2.65. The minimum Gasteiger partial charge on any atom is -0.454 e. The third-order valence-electron chi connectivity index (χ3n) is 1.93. The highest BCUT2D eigenvalue weighted by Gasteiger charge is 2.13. The Hall–Kier alpha value is -1.36. The number of anilines is 1. The first-order chi connectivity index (χ1) is 7.29. The molecule has 1 amide bonds. The van der Waals surface area contributed by atoms with Gasteiger partial charge in [0.15, 0.2) is 11.5 Å². The SMILES string of the molecule is CSCC(=O)Nc1ccc2c(c1)OCO2. The molecule has 80 valence electrons. The minimum absolute atomic E-state index is 0.0126. The van der Waals surface area contributed by atoms with Crippen LogP contribution in [0.1, 0.15) is 0 Å². The number of ether oxygens (including phenoxy) is 2. The number of nitrogens with one attached hydrogen (secondary N) is 1. The van der Waals surface area contributed by atoms with E-state index in [9.17, 15) is 4.79 Å². The molecule has 1 N–H and O–H groups in total. The van der Waals surface area contributed by atoms with Crippen LogP contribution in [0.15, 0.2) is 18.2 Å². The molecule has 1 aliphatic heterocycles. The maximum absolute atomic E-state index is 11.3. The van der Waals surface area contributed by atoms with Crippen molar-refractivity contribution in [2.45, 2.75) is 0 Å². The summed E-state index contributed by atoms with van der Waals surface area (Å²) in [5.74, 6) is 1.84. The van der Waals surface area contributed by atoms with E-state index in [1.807, 2.05) is 6.26 Å². The molecule has 0 bridgehead atoms. The van der Waals surface area contributed by atoms with Crippen molar-refractivity contribution < 1.29 is 14.3 Å². The zero-order chi connectivity index (χ0) is 10.7. The predicted molar refractivity (Wildman–Crippen MR) is 59.6 cm³/mol. The van der Waals surface area contributed by atoms with Crippen molar-refractivity contribution in [1.82, 2.24) is 0 Å². The van der Waals surface area contributed by atoms with Crippen LogP contribution in [0.2, 0.25) is 0 Å². The normalized spacial score (nSPS) is 12.6. The first-order valence-electron chi connectivity index (χ1n) is 4.48. The molecule has 0 fully saturated rings. The van der Waals surface area contributed by atoms with Crippen molar-refractivity contribution in [3.05, 3.63) is 18.2 Å². The van der Waals surface area contributed by atoms with E-state index in [0.717, 1.165) is 11.4 Å². The van der Waals surface area contributed by atoms with Gasteiger partial charge in [-0.25, -0.2) is 0 Å². The Bertz CT molecular complexity index is 381. The van der Waals surface area contributed by atoms with E-state index >= 15 is 0 Å². The molecule has 1 aromatic rings. The van der Waals surface area contributed by atoms with Crippen LogP contribution in [0.25, 0.3) is 0 Å². The van der Waals surface area contributed by atoms with Crippen LogP contribution in [0.4, 0.5) is 5.69 Å². The molecule has 0 radical (unpaired) electrons. The summed E-state index contributed by atoms with van der Waals surface area (Å²) in [7, 11) is 0. The van der Waals surface area contributed by atoms with Crippen molar-refractivity contribution in [1.29, 1.82) is 0 Å². The van der Waals surface area contributed by atoms with Crippen molar-refractivity contribution >= 4 is 23.4 Å². The number of fused-ring (bicyclic) bond motifs is 1. The number of rotatable bonds is 3. The molecule has 1 heterocycles. The van der Waals surface area contributed by atoms with Crippen LogP contribution in [-0.2, 0) is 4.79 Å². The van der Waals surface area contributed by atoms with Crippen LogP contribution < -0.4 is 14.8 Å². The fourth-order valence-electron chi connectivity index (χ4n) is 1.30. The Morgan fingerprint density at radius 3 is 3.07 bits per heavy atom. The lowest BCUT2D eigenvalue weighted by atomic mass is 10.3. The quantitative estimate of drug-likeness (QED) is 0.850. The molecule has 2 rings (SSSR count). The molecule has 4 nitrogen and oxygen atoms in total. The molecule has 1 aliphatic rings. The van der Waals surface area contributed by atoms with E-state index in [1.54, 1.807) is 18.2 Å². The van der Waals surface area contributed by atoms with Crippen molar-refractivity contribution in [2.75, 3.05) is 24.1 Å². The monoisotopic (exact) mass is 225 g/mol. The number of carbonyl (C=O) groups excluding carboxylic acids is 1. The van der Waals surface area contributed by atoms with Gasteiger partial charge in [0.1, 0.15) is 0 Å². The van der Waals surface area contributed by atoms with Gasteiger partial charge in [-0.3, -0.25) is 4.79 Å². The van der Waals surface area contributed by atoms with E-state index in [-0.39, 0.29) is 12.7 Å². The summed E-state index contributed by atoms with van der Waals surface area (Å²) in [6, 6.07) is 5.35. The Morgan fingerprint density at radius 1 is 1.47 bits per heavy atom. The van der Waals surface area contributed by atoms with Gasteiger partial charge in [-0.1, -0.05) is 0 Å². The summed E-state index contributed by atoms with van der Waals surface area (Å²) < 4.78 is 10.4. The van der Waals surface area contributed by atoms with Crippen molar-refractivity contribution in [3.8, 4) is 11.5 Å². The fourth-order valence-corrected chi connectivity index (χ4v) is 1.64. The van der Waals surface area contributed by atoms with Crippen LogP contribution in [-0.4, -0.2) is 24.7 Å². The largest absolute Gasteiger partial charge is 0.454 e. The van der Waals surface area contributed by atoms with Gasteiger partial charge >= 0.3 is 0 Å². The number of thioether (sulfide) groups is 1. The predicted octanol–water partition coefficient (Wildman–Crippen LogP) is 1.72. The van der Waals surface area contributed by atoms with Gasteiger partial charge in [0.2, 0.25) is 12.7 Å². The lowest BCUT2D eigenvalue weighted by Crippen LogP contribution is -2.13. The number of amides is 1. The highest BCUT2D eigenvalue weighted by Crippen LogP contribution is 2.34. The Balaban J connectivity index is 2.06. The second-order valence-electron chi connectivity index (χ2n) is 3.05. The summed E-state index contributed by atoms with van der Waals surface area (Å²) in [6.07, 6.45) is 1.89. The van der Waals surface area contributed by atoms with Gasteiger partial charge in [-0.05, 0) is 18.4 Å². The molecule has 0 saturated carbocycles. The molecule has 15 heavy (non-hydrogen) atoms. The summed E-state index contributed by atoms with van der Waals surface area (Å²) in [5.41, 5.74) is 0.735. The summed E-state index contributed by atoms with van der Waals surface area (Å²) in [4.78, 5) is 11.3. The Morgan fingerprint density at radius 2 is 2.27 bits per heavy atom. The van der Waals surface area contributed by atoms with Gasteiger partial charge in [-0.2, -0.15) is 11.8 Å². The molecule has 0 atom stereocenters. The third kappa shape index (κ3) is 2.36. The van der Waals surface area contributed by atoms with E-state index in [0.29, 0.717) is 11.5 Å². The van der Waals surface area contributed by atoms with Gasteiger partial charge in [0.05, 0.1) is 5.75 Å². The summed E-state index contributed by atoms with van der Waals surface area (Å²) in [5, 5.41) is 2.78. The maximum atomic E-state index is 11.3. The van der Waals surface area contributed by atoms with Gasteiger partial charge in [0.25, 0.3) is 0 Å². The van der Waals surface area contributed by atoms with E-state index in [1.165, 1.54) is 11.8 Å². The Kier molecular flexibility index (Phi) is 3.01. The molecule has 0 aliphatic carbocycles. The van der Waals surface area contributed by atoms with Crippen LogP contribution in [0, 0.1) is 0 Å². The second kappa shape index (κ2) is 4.44. The lowest BCUT2D eigenvalue weighted by molar-refractivity contribution is -0.113. The molecular formula is C10H11NO3S. The first-order valence-corrected chi connectivity index (χ1v) is 5.87. The number of hydrogen-bond acceptors (Lipinski definition) is 4. The smallest absolute Gasteiger partial charge is 0.234 e. The number of hydrogen-bond donors (Lipinski definition) is 1. The summed E-state index contributed by atoms with van der Waals surface area (Å²) >= 11 is 1.49. The second-order valence-corrected chi connectivity index (χ2v) is 3.92. The van der Waals surface area contributed by atoms with Crippen LogP contribution in [0.5, 0.6) is 11.5 Å². The average molecular weight is 225 g/mol. The molecular weight excluding hydrogens is 214 g/mol. The van der Waals surface area contributed by atoms with Crippen molar-refractivity contribution in [3.63, 3.8) is 0 Å². The highest BCUT2D eigenvalue weighted by molar-refractivity contribution is 7.99. The molecule has 0 unspecified atom stereocenters. The molecule has 5 heteroatoms. The van der Waals surface area contributed by atoms with Gasteiger partial charge in [-0.15, -0.1) is 0 Å². The highest BCUT2D eigenvalue weighted by atomic mass is 32.2. The first kappa shape index (κ1) is 10.2. The number of benzene rings is 1. The van der Waals surface area contributed by atoms with Gasteiger partial charge in [0, 0.05) is 11.8 Å². The lowest BCUT2D eigenvalue weighted by Gasteiger charge is -2.04. The zero-order valence-electron chi connectivity index (χ0n) is 8.28. The molecule has 0 aromatic heterocycles. The molecule has 0 saturated heterocycles. The standard InChI is InChI=1S/C10H11NO3S/c1-15-5-10(12)11-7-2-3-8-9(4-7)14-6-13-8/h2-4H,5-6H2,1H3,(H,11,12).